The average Bonchev–Trinajstić information content (AvgIpc) is 3.26. The monoisotopic (exact) mass is 516 g/mol. The third kappa shape index (κ3) is 5.91. The fraction of sp³-hybridized carbons (Fsp3) is 0.450. The molecule has 2 aromatic rings. The van der Waals surface area contributed by atoms with Crippen molar-refractivity contribution >= 4 is 46.3 Å². The van der Waals surface area contributed by atoms with Crippen molar-refractivity contribution in [2.24, 2.45) is 4.99 Å². The highest BCUT2D eigenvalue weighted by molar-refractivity contribution is 14.0. The van der Waals surface area contributed by atoms with Crippen LogP contribution in [0.1, 0.15) is 18.4 Å². The van der Waals surface area contributed by atoms with E-state index >= 15 is 0 Å². The van der Waals surface area contributed by atoms with Crippen molar-refractivity contribution in [2.45, 2.75) is 25.4 Å². The molecule has 0 atom stereocenters. The summed E-state index contributed by atoms with van der Waals surface area (Å²) in [6.45, 7) is 2.82. The number of benzene rings is 1. The van der Waals surface area contributed by atoms with Crippen molar-refractivity contribution in [3.05, 3.63) is 41.3 Å². The van der Waals surface area contributed by atoms with Gasteiger partial charge in [0.05, 0.1) is 19.2 Å². The van der Waals surface area contributed by atoms with Gasteiger partial charge in [0.15, 0.2) is 17.5 Å². The summed E-state index contributed by atoms with van der Waals surface area (Å²) in [4.78, 5) is 6.83. The standard InChI is InChI=1S/C20H28N4O2S.HI/c1-21-20(22-14-15-6-7-17(25-2)18(13-15)26-3)23-16-8-10-24(11-9-16)19-5-4-12-27-19;/h4-7,12-13,16H,8-11,14H2,1-3H3,(H2,21,22,23);1H. The predicted molar refractivity (Wildman–Crippen MR) is 128 cm³/mol. The number of anilines is 1. The number of aliphatic imine (C=N–C) groups is 1. The van der Waals surface area contributed by atoms with Crippen LogP contribution in [0.2, 0.25) is 0 Å². The fourth-order valence-corrected chi connectivity index (χ4v) is 4.04. The number of hydrogen-bond acceptors (Lipinski definition) is 5. The second kappa shape index (κ2) is 11.4. The first-order chi connectivity index (χ1) is 13.2. The van der Waals surface area contributed by atoms with Gasteiger partial charge in [-0.1, -0.05) is 6.07 Å². The molecule has 1 aliphatic rings. The third-order valence-electron chi connectivity index (χ3n) is 4.79. The van der Waals surface area contributed by atoms with Crippen LogP contribution in [-0.2, 0) is 6.54 Å². The number of piperidine rings is 1. The molecule has 0 amide bonds. The van der Waals surface area contributed by atoms with Crippen molar-refractivity contribution in [3.63, 3.8) is 0 Å². The lowest BCUT2D eigenvalue weighted by Gasteiger charge is -2.33. The summed E-state index contributed by atoms with van der Waals surface area (Å²) >= 11 is 1.81. The Kier molecular flexibility index (Phi) is 9.17. The van der Waals surface area contributed by atoms with Gasteiger partial charge in [0.2, 0.25) is 0 Å². The molecule has 6 nitrogen and oxygen atoms in total. The van der Waals surface area contributed by atoms with Crippen LogP contribution in [0, 0.1) is 0 Å². The van der Waals surface area contributed by atoms with E-state index < -0.39 is 0 Å². The summed E-state index contributed by atoms with van der Waals surface area (Å²) in [5.74, 6) is 2.31. The maximum absolute atomic E-state index is 5.37. The van der Waals surface area contributed by atoms with Crippen LogP contribution in [0.25, 0.3) is 0 Å². The van der Waals surface area contributed by atoms with E-state index in [2.05, 4.69) is 38.0 Å². The molecule has 0 spiro atoms. The van der Waals surface area contributed by atoms with Gasteiger partial charge in [0, 0.05) is 32.7 Å². The van der Waals surface area contributed by atoms with E-state index in [9.17, 15) is 0 Å². The molecule has 0 bridgehead atoms. The van der Waals surface area contributed by atoms with E-state index in [0.29, 0.717) is 12.6 Å². The smallest absolute Gasteiger partial charge is 0.191 e. The maximum atomic E-state index is 5.37. The van der Waals surface area contributed by atoms with Crippen molar-refractivity contribution < 1.29 is 9.47 Å². The Morgan fingerprint density at radius 1 is 1.18 bits per heavy atom. The number of ether oxygens (including phenoxy) is 2. The number of thiophene rings is 1. The zero-order chi connectivity index (χ0) is 19.1. The summed E-state index contributed by atoms with van der Waals surface area (Å²) in [5, 5.41) is 10.4. The second-order valence-electron chi connectivity index (χ2n) is 6.47. The molecule has 0 aliphatic carbocycles. The van der Waals surface area contributed by atoms with Crippen molar-refractivity contribution in [2.75, 3.05) is 39.3 Å². The molecule has 1 aromatic heterocycles. The Morgan fingerprint density at radius 2 is 1.93 bits per heavy atom. The molecule has 2 N–H and O–H groups in total. The van der Waals surface area contributed by atoms with Gasteiger partial charge in [-0.2, -0.15) is 0 Å². The van der Waals surface area contributed by atoms with Gasteiger partial charge in [-0.05, 0) is 48.1 Å². The molecule has 154 valence electrons. The molecule has 0 radical (unpaired) electrons. The Hall–Kier alpha value is -1.68. The number of hydrogen-bond donors (Lipinski definition) is 2. The minimum absolute atomic E-state index is 0. The van der Waals surface area contributed by atoms with Gasteiger partial charge in [0.1, 0.15) is 0 Å². The topological polar surface area (TPSA) is 58.1 Å². The van der Waals surface area contributed by atoms with E-state index in [1.54, 1.807) is 14.2 Å². The van der Waals surface area contributed by atoms with Gasteiger partial charge in [-0.3, -0.25) is 4.99 Å². The van der Waals surface area contributed by atoms with Crippen molar-refractivity contribution in [1.29, 1.82) is 0 Å². The molecule has 0 unspecified atom stereocenters. The van der Waals surface area contributed by atoms with Gasteiger partial charge in [-0.25, -0.2) is 0 Å². The summed E-state index contributed by atoms with van der Waals surface area (Å²) < 4.78 is 10.7. The average molecular weight is 516 g/mol. The Balaban J connectivity index is 0.00000280. The molecule has 8 heteroatoms. The predicted octanol–water partition coefficient (Wildman–Crippen LogP) is 3.72. The minimum Gasteiger partial charge on any atom is -0.493 e. The highest BCUT2D eigenvalue weighted by Crippen LogP contribution is 2.27. The van der Waals surface area contributed by atoms with Crippen LogP contribution in [-0.4, -0.2) is 46.4 Å². The second-order valence-corrected chi connectivity index (χ2v) is 7.40. The zero-order valence-electron chi connectivity index (χ0n) is 16.6. The molecule has 2 heterocycles. The van der Waals surface area contributed by atoms with E-state index in [0.717, 1.165) is 49.0 Å². The third-order valence-corrected chi connectivity index (χ3v) is 5.71. The van der Waals surface area contributed by atoms with E-state index in [1.807, 2.05) is 36.6 Å². The Labute approximate surface area is 188 Å². The first kappa shape index (κ1) is 22.6. The van der Waals surface area contributed by atoms with Gasteiger partial charge in [-0.15, -0.1) is 35.3 Å². The summed E-state index contributed by atoms with van der Waals surface area (Å²) in [5.41, 5.74) is 1.11. The molecule has 28 heavy (non-hydrogen) atoms. The molecule has 1 aliphatic heterocycles. The minimum atomic E-state index is 0. The molecule has 1 aromatic carbocycles. The molecular weight excluding hydrogens is 487 g/mol. The van der Waals surface area contributed by atoms with Crippen LogP contribution in [0.15, 0.2) is 40.7 Å². The summed E-state index contributed by atoms with van der Waals surface area (Å²) in [6, 6.07) is 10.7. The van der Waals surface area contributed by atoms with Gasteiger partial charge in [0.25, 0.3) is 0 Å². The normalized spacial score (nSPS) is 15.0. The Morgan fingerprint density at radius 3 is 2.54 bits per heavy atom. The van der Waals surface area contributed by atoms with E-state index in [1.165, 1.54) is 5.00 Å². The first-order valence-electron chi connectivity index (χ1n) is 9.20. The van der Waals surface area contributed by atoms with Crippen LogP contribution in [0.4, 0.5) is 5.00 Å². The molecule has 1 saturated heterocycles. The molecule has 3 rings (SSSR count). The summed E-state index contributed by atoms with van der Waals surface area (Å²) in [6.07, 6.45) is 2.21. The van der Waals surface area contributed by atoms with E-state index in [4.69, 9.17) is 9.47 Å². The maximum Gasteiger partial charge on any atom is 0.191 e. The lowest BCUT2D eigenvalue weighted by atomic mass is 10.1. The van der Waals surface area contributed by atoms with Crippen LogP contribution < -0.4 is 25.0 Å². The quantitative estimate of drug-likeness (QED) is 0.348. The number of guanidine groups is 1. The van der Waals surface area contributed by atoms with Crippen LogP contribution in [0.3, 0.4) is 0 Å². The first-order valence-corrected chi connectivity index (χ1v) is 10.1. The molecular formula is C20H29IN4O2S. The Bertz CT molecular complexity index is 747. The highest BCUT2D eigenvalue weighted by atomic mass is 127. The number of methoxy groups -OCH3 is 2. The molecule has 0 saturated carbocycles. The van der Waals surface area contributed by atoms with Gasteiger partial charge < -0.3 is 25.0 Å². The van der Waals surface area contributed by atoms with E-state index in [-0.39, 0.29) is 24.0 Å². The number of nitrogens with one attached hydrogen (secondary N) is 2. The largest absolute Gasteiger partial charge is 0.493 e. The lowest BCUT2D eigenvalue weighted by molar-refractivity contribution is 0.354. The van der Waals surface area contributed by atoms with Crippen molar-refractivity contribution in [1.82, 2.24) is 10.6 Å². The number of halogens is 1. The number of rotatable bonds is 6. The fourth-order valence-electron chi connectivity index (χ4n) is 3.26. The van der Waals surface area contributed by atoms with Crippen molar-refractivity contribution in [3.8, 4) is 11.5 Å². The van der Waals surface area contributed by atoms with Crippen LogP contribution >= 0.6 is 35.3 Å². The number of nitrogens with zero attached hydrogens (tertiary/aromatic N) is 2. The van der Waals surface area contributed by atoms with Crippen LogP contribution in [0.5, 0.6) is 11.5 Å². The van der Waals surface area contributed by atoms with Gasteiger partial charge >= 0.3 is 0 Å². The summed E-state index contributed by atoms with van der Waals surface area (Å²) in [7, 11) is 5.11. The lowest BCUT2D eigenvalue weighted by Crippen LogP contribution is -2.48. The molecule has 1 fully saturated rings. The SMILES string of the molecule is CN=C(NCc1ccc(OC)c(OC)c1)NC1CCN(c2cccs2)CC1.I. The highest BCUT2D eigenvalue weighted by Gasteiger charge is 2.20. The zero-order valence-corrected chi connectivity index (χ0v) is 19.8.